The zero-order valence-electron chi connectivity index (χ0n) is 28.4. The summed E-state index contributed by atoms with van der Waals surface area (Å²) < 4.78 is 31.6. The van der Waals surface area contributed by atoms with E-state index in [1.165, 1.54) is 18.9 Å². The van der Waals surface area contributed by atoms with Gasteiger partial charge in [-0.3, -0.25) is 0 Å². The number of carbonyl (C=O) groups is 1. The van der Waals surface area contributed by atoms with Gasteiger partial charge in [0, 0.05) is 17.4 Å². The molecule has 0 rings (SSSR count). The van der Waals surface area contributed by atoms with Crippen LogP contribution in [0.25, 0.3) is 0 Å². The molecular weight excluding hydrogens is 557 g/mol. The van der Waals surface area contributed by atoms with E-state index in [0.717, 1.165) is 12.5 Å². The van der Waals surface area contributed by atoms with Crippen molar-refractivity contribution in [1.29, 1.82) is 0 Å². The van der Waals surface area contributed by atoms with Gasteiger partial charge in [0.2, 0.25) is 8.32 Å². The zero-order chi connectivity index (χ0) is 30.9. The van der Waals surface area contributed by atoms with E-state index < -0.39 is 33.0 Å². The minimum atomic E-state index is -2.19. The lowest BCUT2D eigenvalue weighted by molar-refractivity contribution is -0.142. The molecule has 0 heterocycles. The Balaban J connectivity index is 5.07. The van der Waals surface area contributed by atoms with Gasteiger partial charge in [-0.2, -0.15) is 0 Å². The predicted molar refractivity (Wildman–Crippen MR) is 177 cm³/mol. The molecule has 0 aliphatic carbocycles. The fourth-order valence-electron chi connectivity index (χ4n) is 4.41. The smallest absolute Gasteiger partial charge is 0.333 e. The normalized spacial score (nSPS) is 14.8. The second kappa shape index (κ2) is 15.4. The maximum atomic E-state index is 11.8. The monoisotopic (exact) mass is 620 g/mol. The molecule has 10 heteroatoms. The second-order valence-corrected chi connectivity index (χ2v) is 33.5. The lowest BCUT2D eigenvalue weighted by atomic mass is 10.3. The van der Waals surface area contributed by atoms with Crippen molar-refractivity contribution >= 4 is 39.0 Å². The van der Waals surface area contributed by atoms with Gasteiger partial charge in [0.25, 0.3) is 0 Å². The van der Waals surface area contributed by atoms with Crippen molar-refractivity contribution < 1.29 is 27.5 Å². The van der Waals surface area contributed by atoms with Crippen LogP contribution in [0.15, 0.2) is 12.2 Å². The molecular formula is C29H64O6Si4. The summed E-state index contributed by atoms with van der Waals surface area (Å²) in [6.45, 7) is 38.5. The van der Waals surface area contributed by atoms with E-state index in [4.69, 9.17) is 22.8 Å². The first kappa shape index (κ1) is 38.9. The molecule has 6 nitrogen and oxygen atoms in total. The molecule has 0 N–H and O–H groups in total. The third-order valence-electron chi connectivity index (χ3n) is 7.92. The van der Waals surface area contributed by atoms with Crippen molar-refractivity contribution in [2.24, 2.45) is 0 Å². The highest BCUT2D eigenvalue weighted by molar-refractivity contribution is 6.82. The Labute approximate surface area is 246 Å². The van der Waals surface area contributed by atoms with Crippen molar-refractivity contribution in [1.82, 2.24) is 0 Å². The minimum absolute atomic E-state index is 0.182. The molecule has 1 unspecified atom stereocenters. The van der Waals surface area contributed by atoms with Gasteiger partial charge in [-0.05, 0) is 92.9 Å². The van der Waals surface area contributed by atoms with Crippen molar-refractivity contribution in [2.45, 2.75) is 148 Å². The first-order chi connectivity index (χ1) is 17.4. The minimum Gasteiger partial charge on any atom is -0.460 e. The molecule has 0 bridgehead atoms. The van der Waals surface area contributed by atoms with Crippen LogP contribution in [-0.4, -0.2) is 75.4 Å². The molecule has 1 atom stereocenters. The summed E-state index contributed by atoms with van der Waals surface area (Å²) in [6.07, 6.45) is 3.15. The van der Waals surface area contributed by atoms with Gasteiger partial charge in [-0.25, -0.2) is 4.79 Å². The Hall–Kier alpha value is -0.0825. The van der Waals surface area contributed by atoms with Crippen LogP contribution in [0.4, 0.5) is 0 Å². The Morgan fingerprint density at radius 2 is 1.38 bits per heavy atom. The van der Waals surface area contributed by atoms with E-state index in [-0.39, 0.29) is 29.1 Å². The van der Waals surface area contributed by atoms with Crippen LogP contribution in [0, 0.1) is 0 Å². The summed E-state index contributed by atoms with van der Waals surface area (Å²) in [5.74, 6) is -0.388. The van der Waals surface area contributed by atoms with Gasteiger partial charge in [-0.15, -0.1) is 0 Å². The van der Waals surface area contributed by atoms with Crippen LogP contribution < -0.4 is 0 Å². The number of hydrogen-bond acceptors (Lipinski definition) is 6. The fraction of sp³-hybridized carbons (Fsp3) is 0.897. The maximum Gasteiger partial charge on any atom is 0.333 e. The van der Waals surface area contributed by atoms with Crippen LogP contribution in [0.2, 0.25) is 71.0 Å². The average molecular weight is 621 g/mol. The maximum absolute atomic E-state index is 11.8. The number of rotatable bonds is 20. The highest BCUT2D eigenvalue weighted by atomic mass is 28.4. The fourth-order valence-corrected chi connectivity index (χ4v) is 15.1. The molecule has 0 aromatic heterocycles. The first-order valence-electron chi connectivity index (χ1n) is 14.9. The Morgan fingerprint density at radius 1 is 0.821 bits per heavy atom. The number of esters is 1. The van der Waals surface area contributed by atoms with Gasteiger partial charge in [0.05, 0.1) is 19.9 Å². The zero-order valence-corrected chi connectivity index (χ0v) is 32.4. The van der Waals surface area contributed by atoms with E-state index in [2.05, 4.69) is 100 Å². The topological polar surface area (TPSA) is 63.2 Å². The number of ether oxygens (including phenoxy) is 2. The Kier molecular flexibility index (Phi) is 15.4. The summed E-state index contributed by atoms with van der Waals surface area (Å²) >= 11 is 0. The van der Waals surface area contributed by atoms with Gasteiger partial charge in [-0.1, -0.05) is 45.5 Å². The number of hydrogen-bond donors (Lipinski definition) is 0. The molecule has 0 aliphatic heterocycles. The molecule has 0 amide bonds. The van der Waals surface area contributed by atoms with E-state index >= 15 is 0 Å². The highest BCUT2D eigenvalue weighted by Gasteiger charge is 2.51. The van der Waals surface area contributed by atoms with E-state index in [1.807, 2.05) is 0 Å². The third kappa shape index (κ3) is 14.6. The molecule has 39 heavy (non-hydrogen) atoms. The van der Waals surface area contributed by atoms with Crippen LogP contribution in [0.1, 0.15) is 60.8 Å². The van der Waals surface area contributed by atoms with Crippen molar-refractivity contribution in [3.63, 3.8) is 0 Å². The summed E-state index contributed by atoms with van der Waals surface area (Å²) in [5.41, 5.74) is 0.392. The average Bonchev–Trinajstić information content (AvgIpc) is 2.72. The predicted octanol–water partition coefficient (Wildman–Crippen LogP) is 8.32. The van der Waals surface area contributed by atoms with Crippen LogP contribution in [-0.2, 0) is 27.5 Å². The Morgan fingerprint density at radius 3 is 1.87 bits per heavy atom. The molecule has 0 saturated heterocycles. The first-order valence-corrected chi connectivity index (χ1v) is 27.5. The lowest BCUT2D eigenvalue weighted by Crippen LogP contribution is -2.65. The molecule has 232 valence electrons. The van der Waals surface area contributed by atoms with Gasteiger partial charge < -0.3 is 22.8 Å². The molecule has 0 aromatic carbocycles. The van der Waals surface area contributed by atoms with E-state index in [0.29, 0.717) is 18.8 Å². The molecule has 0 radical (unpaired) electrons. The Bertz CT molecular complexity index is 772. The summed E-state index contributed by atoms with van der Waals surface area (Å²) in [4.78, 5) is 11.8. The third-order valence-corrected chi connectivity index (χ3v) is 21.0. The highest BCUT2D eigenvalue weighted by Crippen LogP contribution is 2.38. The van der Waals surface area contributed by atoms with Crippen molar-refractivity contribution in [3.05, 3.63) is 12.2 Å². The van der Waals surface area contributed by atoms with E-state index in [9.17, 15) is 4.79 Å². The summed E-state index contributed by atoms with van der Waals surface area (Å²) in [5, 5.41) is -0.432. The van der Waals surface area contributed by atoms with Crippen molar-refractivity contribution in [2.75, 3.05) is 19.8 Å². The molecule has 0 saturated carbocycles. The van der Waals surface area contributed by atoms with Crippen LogP contribution >= 0.6 is 0 Å². The van der Waals surface area contributed by atoms with E-state index in [1.54, 1.807) is 6.92 Å². The summed E-state index contributed by atoms with van der Waals surface area (Å²) in [6, 6.07) is 2.30. The van der Waals surface area contributed by atoms with Gasteiger partial charge in [0.15, 0.2) is 16.6 Å². The van der Waals surface area contributed by atoms with Gasteiger partial charge >= 0.3 is 5.97 Å². The standard InChI is InChI=1S/C29H64O6Si4/c1-17-18-22-38(13,14)34-29(6,7)39(15,16)35-28(4,5)37(11,12)21-19-20-31-23-26(33-36(8,9)10)24-32-27(30)25(2)3/h26H,2,17-24H2,1,3-16H3. The number of carbonyl (C=O) groups excluding carboxylic acids is 1. The van der Waals surface area contributed by atoms with Crippen molar-refractivity contribution in [3.8, 4) is 0 Å². The largest absolute Gasteiger partial charge is 0.460 e. The van der Waals surface area contributed by atoms with Crippen LogP contribution in [0.5, 0.6) is 0 Å². The lowest BCUT2D eigenvalue weighted by Gasteiger charge is -2.51. The quantitative estimate of drug-likeness (QED) is 0.0590. The molecule has 0 spiro atoms. The second-order valence-electron chi connectivity index (χ2n) is 14.9. The molecule has 0 aliphatic rings. The molecule has 0 fully saturated rings. The molecule has 0 aromatic rings. The number of unbranched alkanes of at least 4 members (excludes halogenated alkanes) is 1. The SMILES string of the molecule is C=C(C)C(=O)OCC(COCCC[Si](C)(C)C(C)(C)O[Si](C)(C)C(C)(C)O[Si](C)(C)CCCC)O[Si](C)(C)C. The van der Waals surface area contributed by atoms with Crippen LogP contribution in [0.3, 0.4) is 0 Å². The van der Waals surface area contributed by atoms with Gasteiger partial charge in [0.1, 0.15) is 12.7 Å². The summed E-state index contributed by atoms with van der Waals surface area (Å²) in [7, 11) is -7.53.